The third-order valence-electron chi connectivity index (χ3n) is 2.77. The highest BCUT2D eigenvalue weighted by molar-refractivity contribution is 6.04. The molecule has 110 valence electrons. The molecule has 0 heterocycles. The highest BCUT2D eigenvalue weighted by atomic mass is 19.3. The van der Waals surface area contributed by atoms with E-state index in [9.17, 15) is 18.0 Å². The molecule has 2 rings (SSSR count). The number of hydrogen-bond acceptors (Lipinski definition) is 2. The van der Waals surface area contributed by atoms with E-state index in [1.807, 2.05) is 0 Å². The van der Waals surface area contributed by atoms with Gasteiger partial charge >= 0.3 is 6.61 Å². The van der Waals surface area contributed by atoms with Gasteiger partial charge in [0, 0.05) is 5.69 Å². The van der Waals surface area contributed by atoms with Gasteiger partial charge in [-0.1, -0.05) is 12.1 Å². The number of halogens is 3. The topological polar surface area (TPSA) is 38.3 Å². The third kappa shape index (κ3) is 3.75. The highest BCUT2D eigenvalue weighted by Crippen LogP contribution is 2.19. The summed E-state index contributed by atoms with van der Waals surface area (Å²) in [5.74, 6) is -1.23. The van der Waals surface area contributed by atoms with Crippen LogP contribution < -0.4 is 10.1 Å². The van der Waals surface area contributed by atoms with Gasteiger partial charge < -0.3 is 10.1 Å². The Morgan fingerprint density at radius 1 is 1.14 bits per heavy atom. The van der Waals surface area contributed by atoms with E-state index in [2.05, 4.69) is 10.1 Å². The van der Waals surface area contributed by atoms with Crippen molar-refractivity contribution < 1.29 is 22.7 Å². The molecule has 0 radical (unpaired) electrons. The van der Waals surface area contributed by atoms with Gasteiger partial charge in [-0.3, -0.25) is 4.79 Å². The number of amides is 1. The molecule has 0 atom stereocenters. The van der Waals surface area contributed by atoms with Gasteiger partial charge in [0.05, 0.1) is 5.56 Å². The molecule has 0 fully saturated rings. The van der Waals surface area contributed by atoms with Crippen LogP contribution in [-0.4, -0.2) is 12.5 Å². The van der Waals surface area contributed by atoms with Crippen molar-refractivity contribution in [3.8, 4) is 5.75 Å². The van der Waals surface area contributed by atoms with Crippen LogP contribution in [0.2, 0.25) is 0 Å². The van der Waals surface area contributed by atoms with Crippen LogP contribution in [-0.2, 0) is 0 Å². The van der Waals surface area contributed by atoms with Crippen molar-refractivity contribution >= 4 is 11.6 Å². The predicted molar refractivity (Wildman–Crippen MR) is 72.2 cm³/mol. The molecule has 1 N–H and O–H groups in total. The zero-order valence-electron chi connectivity index (χ0n) is 11.1. The average molecular weight is 295 g/mol. The summed E-state index contributed by atoms with van der Waals surface area (Å²) in [5.41, 5.74) is 0.633. The molecule has 0 aliphatic heterocycles. The van der Waals surface area contributed by atoms with E-state index in [0.717, 1.165) is 0 Å². The van der Waals surface area contributed by atoms with Gasteiger partial charge in [0.15, 0.2) is 0 Å². The number of alkyl halides is 2. The number of anilines is 1. The number of nitrogens with one attached hydrogen (secondary N) is 1. The summed E-state index contributed by atoms with van der Waals surface area (Å²) in [6.45, 7) is -1.35. The van der Waals surface area contributed by atoms with Crippen LogP contribution in [0.1, 0.15) is 15.9 Å². The lowest BCUT2D eigenvalue weighted by atomic mass is 10.1. The van der Waals surface area contributed by atoms with Gasteiger partial charge in [0.25, 0.3) is 5.91 Å². The number of carbonyl (C=O) groups excluding carboxylic acids is 1. The molecule has 0 unspecified atom stereocenters. The fourth-order valence-electron chi connectivity index (χ4n) is 1.74. The summed E-state index contributed by atoms with van der Waals surface area (Å²) in [6, 6.07) is 9.86. The van der Waals surface area contributed by atoms with E-state index >= 15 is 0 Å². The molecule has 2 aromatic rings. The molecule has 6 heteroatoms. The molecule has 3 nitrogen and oxygen atoms in total. The zero-order chi connectivity index (χ0) is 15.4. The normalized spacial score (nSPS) is 10.5. The molecule has 0 aliphatic rings. The molecular formula is C15H12F3NO2. The lowest BCUT2D eigenvalue weighted by Gasteiger charge is -2.09. The molecule has 2 aromatic carbocycles. The molecule has 1 amide bonds. The van der Waals surface area contributed by atoms with E-state index < -0.39 is 18.3 Å². The fourth-order valence-corrected chi connectivity index (χ4v) is 1.74. The lowest BCUT2D eigenvalue weighted by molar-refractivity contribution is -0.0498. The predicted octanol–water partition coefficient (Wildman–Crippen LogP) is 3.99. The summed E-state index contributed by atoms with van der Waals surface area (Å²) in [6.07, 6.45) is 0. The van der Waals surface area contributed by atoms with Gasteiger partial charge in [-0.15, -0.1) is 0 Å². The molecule has 0 aliphatic carbocycles. The van der Waals surface area contributed by atoms with Crippen LogP contribution in [0.3, 0.4) is 0 Å². The van der Waals surface area contributed by atoms with Crippen molar-refractivity contribution in [3.05, 3.63) is 59.4 Å². The lowest BCUT2D eigenvalue weighted by Crippen LogP contribution is -2.14. The summed E-state index contributed by atoms with van der Waals surface area (Å²) in [5, 5.41) is 2.48. The van der Waals surface area contributed by atoms with E-state index in [0.29, 0.717) is 11.3 Å². The average Bonchev–Trinajstić information content (AvgIpc) is 2.43. The van der Waals surface area contributed by atoms with Crippen molar-refractivity contribution in [1.82, 2.24) is 0 Å². The molecule has 0 saturated carbocycles. The zero-order valence-corrected chi connectivity index (χ0v) is 11.1. The maximum absolute atomic E-state index is 13.8. The Hall–Kier alpha value is -2.50. The first-order valence-electron chi connectivity index (χ1n) is 6.08. The Balaban J connectivity index is 2.11. The smallest absolute Gasteiger partial charge is 0.387 e. The van der Waals surface area contributed by atoms with Gasteiger partial charge in [0.1, 0.15) is 11.6 Å². The van der Waals surface area contributed by atoms with Crippen LogP contribution in [0.4, 0.5) is 18.9 Å². The van der Waals surface area contributed by atoms with Crippen molar-refractivity contribution in [2.24, 2.45) is 0 Å². The molecule has 0 spiro atoms. The number of benzene rings is 2. The van der Waals surface area contributed by atoms with Gasteiger partial charge in [-0.25, -0.2) is 4.39 Å². The Labute approximate surface area is 119 Å². The minimum Gasteiger partial charge on any atom is -0.435 e. The SMILES string of the molecule is Cc1cccc(C(=O)Nc2ccc(OC(F)F)cc2)c1F. The van der Waals surface area contributed by atoms with Gasteiger partial charge in [-0.2, -0.15) is 8.78 Å². The van der Waals surface area contributed by atoms with Crippen molar-refractivity contribution in [2.45, 2.75) is 13.5 Å². The monoisotopic (exact) mass is 295 g/mol. The highest BCUT2D eigenvalue weighted by Gasteiger charge is 2.13. The maximum Gasteiger partial charge on any atom is 0.387 e. The summed E-state index contributed by atoms with van der Waals surface area (Å²) < 4.78 is 42.0. The van der Waals surface area contributed by atoms with E-state index in [1.165, 1.54) is 30.3 Å². The summed E-state index contributed by atoms with van der Waals surface area (Å²) in [4.78, 5) is 11.9. The van der Waals surface area contributed by atoms with Crippen molar-refractivity contribution in [3.63, 3.8) is 0 Å². The molecule has 0 bridgehead atoms. The van der Waals surface area contributed by atoms with E-state index in [1.54, 1.807) is 19.1 Å². The summed E-state index contributed by atoms with van der Waals surface area (Å²) >= 11 is 0. The van der Waals surface area contributed by atoms with Gasteiger partial charge in [0.2, 0.25) is 0 Å². The second-order valence-electron chi connectivity index (χ2n) is 4.29. The number of aryl methyl sites for hydroxylation is 1. The van der Waals surface area contributed by atoms with Gasteiger partial charge in [-0.05, 0) is 42.8 Å². The van der Waals surface area contributed by atoms with E-state index in [4.69, 9.17) is 0 Å². The second kappa shape index (κ2) is 6.30. The Morgan fingerprint density at radius 3 is 2.43 bits per heavy atom. The molecule has 21 heavy (non-hydrogen) atoms. The number of ether oxygens (including phenoxy) is 1. The number of hydrogen-bond donors (Lipinski definition) is 1. The first kappa shape index (κ1) is 14.9. The first-order chi connectivity index (χ1) is 9.97. The van der Waals surface area contributed by atoms with Crippen LogP contribution in [0.15, 0.2) is 42.5 Å². The Morgan fingerprint density at radius 2 is 1.81 bits per heavy atom. The Kier molecular flexibility index (Phi) is 4.47. The standard InChI is InChI=1S/C15H12F3NO2/c1-9-3-2-4-12(13(9)16)14(20)19-10-5-7-11(8-6-10)21-15(17)18/h2-8,15H,1H3,(H,19,20). The minimum absolute atomic E-state index is 0.0234. The van der Waals surface area contributed by atoms with E-state index in [-0.39, 0.29) is 11.3 Å². The number of rotatable bonds is 4. The van der Waals surface area contributed by atoms with Crippen molar-refractivity contribution in [1.29, 1.82) is 0 Å². The van der Waals surface area contributed by atoms with Crippen LogP contribution in [0.25, 0.3) is 0 Å². The summed E-state index contributed by atoms with van der Waals surface area (Å²) in [7, 11) is 0. The van der Waals surface area contributed by atoms with Crippen LogP contribution in [0, 0.1) is 12.7 Å². The molecule has 0 saturated heterocycles. The molecule has 0 aromatic heterocycles. The van der Waals surface area contributed by atoms with Crippen LogP contribution in [0.5, 0.6) is 5.75 Å². The van der Waals surface area contributed by atoms with Crippen molar-refractivity contribution in [2.75, 3.05) is 5.32 Å². The third-order valence-corrected chi connectivity index (χ3v) is 2.77. The largest absolute Gasteiger partial charge is 0.435 e. The van der Waals surface area contributed by atoms with Crippen LogP contribution >= 0.6 is 0 Å². The minimum atomic E-state index is -2.91. The Bertz CT molecular complexity index is 642. The maximum atomic E-state index is 13.8. The quantitative estimate of drug-likeness (QED) is 0.926. The first-order valence-corrected chi connectivity index (χ1v) is 6.08. The molecular weight excluding hydrogens is 283 g/mol. The number of carbonyl (C=O) groups is 1. The fraction of sp³-hybridized carbons (Fsp3) is 0.133. The second-order valence-corrected chi connectivity index (χ2v) is 4.29.